The van der Waals surface area contributed by atoms with Crippen molar-refractivity contribution in [1.29, 1.82) is 0 Å². The zero-order chi connectivity index (χ0) is 14.5. The molecule has 0 radical (unpaired) electrons. The molecule has 1 aliphatic carbocycles. The lowest BCUT2D eigenvalue weighted by Gasteiger charge is -2.20. The van der Waals surface area contributed by atoms with Crippen molar-refractivity contribution in [2.75, 3.05) is 11.9 Å². The maximum atomic E-state index is 4.81. The van der Waals surface area contributed by atoms with Crippen LogP contribution in [-0.2, 0) is 17.3 Å². The van der Waals surface area contributed by atoms with Gasteiger partial charge in [0, 0.05) is 28.9 Å². The molecule has 5 heteroatoms. The molecule has 0 saturated heterocycles. The van der Waals surface area contributed by atoms with Crippen molar-refractivity contribution < 1.29 is 0 Å². The summed E-state index contributed by atoms with van der Waals surface area (Å²) >= 11 is 4.02. The molecule has 0 aromatic carbocycles. The molecule has 1 aliphatic heterocycles. The van der Waals surface area contributed by atoms with Gasteiger partial charge in [-0.25, -0.2) is 9.97 Å². The molecule has 0 unspecified atom stereocenters. The van der Waals surface area contributed by atoms with E-state index in [4.69, 9.17) is 9.97 Å². The fourth-order valence-electron chi connectivity index (χ4n) is 2.98. The van der Waals surface area contributed by atoms with Crippen LogP contribution in [0.3, 0.4) is 0 Å². The fraction of sp³-hybridized carbons (Fsp3) is 0.750. The zero-order valence-electron chi connectivity index (χ0n) is 12.9. The lowest BCUT2D eigenvalue weighted by molar-refractivity contribution is 0.516. The molecule has 21 heavy (non-hydrogen) atoms. The van der Waals surface area contributed by atoms with Crippen LogP contribution in [0.15, 0.2) is 0 Å². The third kappa shape index (κ3) is 4.07. The van der Waals surface area contributed by atoms with Gasteiger partial charge in [0.1, 0.15) is 11.6 Å². The number of aromatic nitrogens is 2. The molecule has 3 nitrogen and oxygen atoms in total. The van der Waals surface area contributed by atoms with Crippen LogP contribution in [-0.4, -0.2) is 21.8 Å². The van der Waals surface area contributed by atoms with E-state index >= 15 is 0 Å². The van der Waals surface area contributed by atoms with Crippen LogP contribution in [0.25, 0.3) is 0 Å². The standard InChI is InChI=1S/C16H25N3S2/c1-2-8-17-16-13-9-20-10-14(13)18-15(19-16)11-21-12-6-4-3-5-7-12/h12H,2-11H2,1H3,(H,17,18,19). The Morgan fingerprint density at radius 3 is 2.86 bits per heavy atom. The first-order chi connectivity index (χ1) is 10.4. The Hall–Kier alpha value is -0.420. The maximum Gasteiger partial charge on any atom is 0.140 e. The van der Waals surface area contributed by atoms with Crippen LogP contribution in [0.4, 0.5) is 5.82 Å². The summed E-state index contributed by atoms with van der Waals surface area (Å²) in [5.74, 6) is 5.23. The van der Waals surface area contributed by atoms with Crippen molar-refractivity contribution in [3.05, 3.63) is 17.1 Å². The minimum absolute atomic E-state index is 0.831. The number of anilines is 1. The van der Waals surface area contributed by atoms with Gasteiger partial charge in [-0.05, 0) is 19.3 Å². The average Bonchev–Trinajstić information content (AvgIpc) is 3.00. The van der Waals surface area contributed by atoms with E-state index in [1.165, 1.54) is 43.4 Å². The van der Waals surface area contributed by atoms with Crippen molar-refractivity contribution in [3.63, 3.8) is 0 Å². The minimum atomic E-state index is 0.831. The van der Waals surface area contributed by atoms with Gasteiger partial charge in [-0.1, -0.05) is 26.2 Å². The Kier molecular flexibility index (Phi) is 5.69. The van der Waals surface area contributed by atoms with E-state index in [1.807, 2.05) is 11.8 Å². The van der Waals surface area contributed by atoms with Crippen molar-refractivity contribution in [1.82, 2.24) is 9.97 Å². The van der Waals surface area contributed by atoms with Gasteiger partial charge in [-0.3, -0.25) is 0 Å². The molecule has 1 fully saturated rings. The summed E-state index contributed by atoms with van der Waals surface area (Å²) in [7, 11) is 0. The molecular formula is C16H25N3S2. The van der Waals surface area contributed by atoms with Crippen LogP contribution < -0.4 is 5.32 Å². The Bertz CT molecular complexity index is 473. The third-order valence-electron chi connectivity index (χ3n) is 4.17. The van der Waals surface area contributed by atoms with Gasteiger partial charge in [0.15, 0.2) is 0 Å². The predicted molar refractivity (Wildman–Crippen MR) is 94.0 cm³/mol. The van der Waals surface area contributed by atoms with Crippen molar-refractivity contribution >= 4 is 29.3 Å². The normalized spacial score (nSPS) is 18.7. The number of rotatable bonds is 6. The summed E-state index contributed by atoms with van der Waals surface area (Å²) in [6, 6.07) is 0. The lowest BCUT2D eigenvalue weighted by atomic mass is 10.0. The second-order valence-electron chi connectivity index (χ2n) is 5.90. The number of thioether (sulfide) groups is 2. The number of hydrogen-bond acceptors (Lipinski definition) is 5. The van der Waals surface area contributed by atoms with Crippen LogP contribution in [0, 0.1) is 0 Å². The molecule has 0 spiro atoms. The van der Waals surface area contributed by atoms with Crippen molar-refractivity contribution in [2.45, 2.75) is 68.0 Å². The van der Waals surface area contributed by atoms with E-state index < -0.39 is 0 Å². The van der Waals surface area contributed by atoms with E-state index in [9.17, 15) is 0 Å². The molecule has 2 heterocycles. The van der Waals surface area contributed by atoms with Gasteiger partial charge < -0.3 is 5.32 Å². The number of nitrogens with one attached hydrogen (secondary N) is 1. The molecule has 1 N–H and O–H groups in total. The Labute approximate surface area is 136 Å². The smallest absolute Gasteiger partial charge is 0.140 e. The monoisotopic (exact) mass is 323 g/mol. The highest BCUT2D eigenvalue weighted by Gasteiger charge is 2.20. The molecular weight excluding hydrogens is 298 g/mol. The highest BCUT2D eigenvalue weighted by molar-refractivity contribution is 7.99. The first-order valence-corrected chi connectivity index (χ1v) is 10.4. The van der Waals surface area contributed by atoms with Crippen LogP contribution in [0.5, 0.6) is 0 Å². The van der Waals surface area contributed by atoms with Crippen LogP contribution in [0.1, 0.15) is 62.5 Å². The summed E-state index contributed by atoms with van der Waals surface area (Å²) in [4.78, 5) is 9.62. The third-order valence-corrected chi connectivity index (χ3v) is 6.51. The molecule has 0 bridgehead atoms. The summed E-state index contributed by atoms with van der Waals surface area (Å²) < 4.78 is 0. The molecule has 3 rings (SSSR count). The lowest BCUT2D eigenvalue weighted by Crippen LogP contribution is -2.11. The Morgan fingerprint density at radius 1 is 1.19 bits per heavy atom. The van der Waals surface area contributed by atoms with E-state index in [-0.39, 0.29) is 0 Å². The van der Waals surface area contributed by atoms with Crippen LogP contribution in [0.2, 0.25) is 0 Å². The molecule has 0 atom stereocenters. The maximum absolute atomic E-state index is 4.81. The molecule has 0 amide bonds. The topological polar surface area (TPSA) is 37.8 Å². The zero-order valence-corrected chi connectivity index (χ0v) is 14.5. The quantitative estimate of drug-likeness (QED) is 0.827. The SMILES string of the molecule is CCCNc1nc(CSC2CCCCC2)nc2c1CSC2. The van der Waals surface area contributed by atoms with Gasteiger partial charge in [-0.15, -0.1) is 0 Å². The molecule has 1 aromatic heterocycles. The van der Waals surface area contributed by atoms with Gasteiger partial charge in [0.05, 0.1) is 11.4 Å². The van der Waals surface area contributed by atoms with Crippen molar-refractivity contribution in [3.8, 4) is 0 Å². The Balaban J connectivity index is 1.66. The summed E-state index contributed by atoms with van der Waals surface area (Å²) in [6.45, 7) is 3.20. The van der Waals surface area contributed by atoms with E-state index in [0.29, 0.717) is 0 Å². The van der Waals surface area contributed by atoms with Gasteiger partial charge in [0.25, 0.3) is 0 Å². The summed E-state index contributed by atoms with van der Waals surface area (Å²) in [5, 5.41) is 4.33. The van der Waals surface area contributed by atoms with E-state index in [0.717, 1.165) is 47.1 Å². The second kappa shape index (κ2) is 7.73. The predicted octanol–water partition coefficient (Wildman–Crippen LogP) is 4.61. The summed E-state index contributed by atoms with van der Waals surface area (Å²) in [5.41, 5.74) is 2.62. The second-order valence-corrected chi connectivity index (χ2v) is 8.18. The van der Waals surface area contributed by atoms with Gasteiger partial charge >= 0.3 is 0 Å². The fourth-order valence-corrected chi connectivity index (χ4v) is 5.20. The largest absolute Gasteiger partial charge is 0.370 e. The number of hydrogen-bond donors (Lipinski definition) is 1. The highest BCUT2D eigenvalue weighted by Crippen LogP contribution is 2.34. The molecule has 116 valence electrons. The average molecular weight is 324 g/mol. The van der Waals surface area contributed by atoms with Gasteiger partial charge in [0.2, 0.25) is 0 Å². The van der Waals surface area contributed by atoms with E-state index in [2.05, 4.69) is 24.0 Å². The number of nitrogens with zero attached hydrogens (tertiary/aromatic N) is 2. The molecule has 1 aromatic rings. The minimum Gasteiger partial charge on any atom is -0.370 e. The first-order valence-electron chi connectivity index (χ1n) is 8.18. The number of fused-ring (bicyclic) bond motifs is 1. The molecule has 2 aliphatic rings. The highest BCUT2D eigenvalue weighted by atomic mass is 32.2. The van der Waals surface area contributed by atoms with Crippen LogP contribution >= 0.6 is 23.5 Å². The van der Waals surface area contributed by atoms with Gasteiger partial charge in [-0.2, -0.15) is 23.5 Å². The Morgan fingerprint density at radius 2 is 2.05 bits per heavy atom. The summed E-state index contributed by atoms with van der Waals surface area (Å²) in [6.07, 6.45) is 8.14. The van der Waals surface area contributed by atoms with E-state index in [1.54, 1.807) is 0 Å². The molecule has 1 saturated carbocycles. The first kappa shape index (κ1) is 15.5. The van der Waals surface area contributed by atoms with Crippen molar-refractivity contribution in [2.24, 2.45) is 0 Å².